The van der Waals surface area contributed by atoms with Crippen LogP contribution in [-0.2, 0) is 0 Å². The molecule has 0 aliphatic carbocycles. The summed E-state index contributed by atoms with van der Waals surface area (Å²) >= 11 is 0. The van der Waals surface area contributed by atoms with Crippen LogP contribution in [0.15, 0.2) is 18.2 Å². The summed E-state index contributed by atoms with van der Waals surface area (Å²) in [6.07, 6.45) is 0. The Morgan fingerprint density at radius 3 is 2.69 bits per heavy atom. The van der Waals surface area contributed by atoms with Gasteiger partial charge in [0, 0.05) is 19.2 Å². The van der Waals surface area contributed by atoms with Crippen LogP contribution in [0.25, 0.3) is 0 Å². The van der Waals surface area contributed by atoms with E-state index >= 15 is 0 Å². The average Bonchev–Trinajstić information content (AvgIpc) is 2.19. The largest absolute Gasteiger partial charge is 0.378 e. The maximum Gasteiger partial charge on any atom is 0.292 e. The van der Waals surface area contributed by atoms with Gasteiger partial charge in [0.1, 0.15) is 5.69 Å². The Morgan fingerprint density at radius 1 is 1.44 bits per heavy atom. The van der Waals surface area contributed by atoms with Gasteiger partial charge in [-0.05, 0) is 32.6 Å². The van der Waals surface area contributed by atoms with Crippen molar-refractivity contribution in [2.24, 2.45) is 0 Å². The molecule has 1 rings (SSSR count). The molecule has 0 amide bonds. The molecule has 5 nitrogen and oxygen atoms in total. The van der Waals surface area contributed by atoms with E-state index in [4.69, 9.17) is 0 Å². The molecule has 0 unspecified atom stereocenters. The number of anilines is 1. The summed E-state index contributed by atoms with van der Waals surface area (Å²) in [6.45, 7) is 3.37. The monoisotopic (exact) mass is 223 g/mol. The quantitative estimate of drug-likeness (QED) is 0.611. The van der Waals surface area contributed by atoms with Crippen molar-refractivity contribution in [3.63, 3.8) is 0 Å². The van der Waals surface area contributed by atoms with Gasteiger partial charge in [-0.1, -0.05) is 6.07 Å². The molecule has 0 aromatic heterocycles. The van der Waals surface area contributed by atoms with Gasteiger partial charge in [-0.25, -0.2) is 0 Å². The third-order valence-electron chi connectivity index (χ3n) is 2.22. The molecular formula is C11H17N3O2. The normalized spacial score (nSPS) is 10.5. The SMILES string of the molecule is Cc1ccc(NCCN(C)C)c([N+](=O)[O-])c1. The highest BCUT2D eigenvalue weighted by molar-refractivity contribution is 5.62. The molecule has 0 aliphatic rings. The number of aryl methyl sites for hydroxylation is 1. The molecular weight excluding hydrogens is 206 g/mol. The van der Waals surface area contributed by atoms with Crippen LogP contribution in [0.5, 0.6) is 0 Å². The number of nitro benzene ring substituents is 1. The van der Waals surface area contributed by atoms with Crippen LogP contribution in [0, 0.1) is 17.0 Å². The van der Waals surface area contributed by atoms with E-state index in [2.05, 4.69) is 5.32 Å². The van der Waals surface area contributed by atoms with E-state index in [1.54, 1.807) is 12.1 Å². The molecule has 1 aromatic rings. The van der Waals surface area contributed by atoms with Gasteiger partial charge in [0.25, 0.3) is 5.69 Å². The Kier molecular flexibility index (Phi) is 4.25. The van der Waals surface area contributed by atoms with Gasteiger partial charge in [0.15, 0.2) is 0 Å². The van der Waals surface area contributed by atoms with Crippen molar-refractivity contribution in [2.45, 2.75) is 6.92 Å². The molecule has 16 heavy (non-hydrogen) atoms. The fraction of sp³-hybridized carbons (Fsp3) is 0.455. The molecule has 0 atom stereocenters. The minimum Gasteiger partial charge on any atom is -0.378 e. The lowest BCUT2D eigenvalue weighted by Crippen LogP contribution is -2.21. The Morgan fingerprint density at radius 2 is 2.12 bits per heavy atom. The summed E-state index contributed by atoms with van der Waals surface area (Å²) in [4.78, 5) is 12.5. The maximum absolute atomic E-state index is 10.8. The second-order valence-electron chi connectivity index (χ2n) is 4.01. The number of rotatable bonds is 5. The fourth-order valence-corrected chi connectivity index (χ4v) is 1.36. The second-order valence-corrected chi connectivity index (χ2v) is 4.01. The number of nitro groups is 1. The average molecular weight is 223 g/mol. The summed E-state index contributed by atoms with van der Waals surface area (Å²) in [5, 5.41) is 13.9. The molecule has 88 valence electrons. The zero-order chi connectivity index (χ0) is 12.1. The Hall–Kier alpha value is -1.62. The van der Waals surface area contributed by atoms with E-state index in [0.29, 0.717) is 12.2 Å². The minimum atomic E-state index is -0.356. The van der Waals surface area contributed by atoms with Crippen LogP contribution in [0.1, 0.15) is 5.56 Å². The van der Waals surface area contributed by atoms with Crippen LogP contribution in [0.3, 0.4) is 0 Å². The second kappa shape index (κ2) is 5.46. The Labute approximate surface area is 95.2 Å². The van der Waals surface area contributed by atoms with Crippen molar-refractivity contribution in [2.75, 3.05) is 32.5 Å². The molecule has 0 saturated carbocycles. The Balaban J connectivity index is 2.75. The summed E-state index contributed by atoms with van der Waals surface area (Å²) in [7, 11) is 3.93. The van der Waals surface area contributed by atoms with Gasteiger partial charge in [-0.15, -0.1) is 0 Å². The van der Waals surface area contributed by atoms with Crippen LogP contribution in [-0.4, -0.2) is 37.0 Å². The van der Waals surface area contributed by atoms with Gasteiger partial charge < -0.3 is 10.2 Å². The zero-order valence-corrected chi connectivity index (χ0v) is 9.86. The van der Waals surface area contributed by atoms with E-state index in [1.165, 1.54) is 0 Å². The Bertz CT molecular complexity index is 377. The number of benzene rings is 1. The molecule has 0 radical (unpaired) electrons. The molecule has 0 spiro atoms. The van der Waals surface area contributed by atoms with Gasteiger partial charge >= 0.3 is 0 Å². The van der Waals surface area contributed by atoms with Crippen LogP contribution in [0.2, 0.25) is 0 Å². The maximum atomic E-state index is 10.8. The molecule has 0 bridgehead atoms. The third-order valence-corrected chi connectivity index (χ3v) is 2.22. The highest BCUT2D eigenvalue weighted by Crippen LogP contribution is 2.24. The number of hydrogen-bond acceptors (Lipinski definition) is 4. The lowest BCUT2D eigenvalue weighted by atomic mass is 10.2. The summed E-state index contributed by atoms with van der Waals surface area (Å²) in [6, 6.07) is 5.20. The highest BCUT2D eigenvalue weighted by Gasteiger charge is 2.12. The van der Waals surface area contributed by atoms with E-state index in [-0.39, 0.29) is 10.6 Å². The molecule has 0 heterocycles. The van der Waals surface area contributed by atoms with Crippen molar-refractivity contribution in [1.82, 2.24) is 4.90 Å². The molecule has 0 aliphatic heterocycles. The highest BCUT2D eigenvalue weighted by atomic mass is 16.6. The van der Waals surface area contributed by atoms with E-state index in [0.717, 1.165) is 12.1 Å². The van der Waals surface area contributed by atoms with Crippen molar-refractivity contribution in [3.05, 3.63) is 33.9 Å². The van der Waals surface area contributed by atoms with Gasteiger partial charge in [-0.3, -0.25) is 10.1 Å². The van der Waals surface area contributed by atoms with Gasteiger partial charge in [-0.2, -0.15) is 0 Å². The zero-order valence-electron chi connectivity index (χ0n) is 9.86. The first-order chi connectivity index (χ1) is 7.50. The number of nitrogens with one attached hydrogen (secondary N) is 1. The number of hydrogen-bond donors (Lipinski definition) is 1. The van der Waals surface area contributed by atoms with Crippen LogP contribution in [0.4, 0.5) is 11.4 Å². The van der Waals surface area contributed by atoms with Gasteiger partial charge in [0.05, 0.1) is 4.92 Å². The molecule has 1 N–H and O–H groups in total. The predicted molar refractivity (Wildman–Crippen MR) is 64.9 cm³/mol. The fourth-order valence-electron chi connectivity index (χ4n) is 1.36. The van der Waals surface area contributed by atoms with Crippen LogP contribution >= 0.6 is 0 Å². The minimum absolute atomic E-state index is 0.138. The summed E-state index contributed by atoms with van der Waals surface area (Å²) < 4.78 is 0. The molecule has 1 aromatic carbocycles. The molecule has 5 heteroatoms. The first-order valence-corrected chi connectivity index (χ1v) is 5.14. The smallest absolute Gasteiger partial charge is 0.292 e. The van der Waals surface area contributed by atoms with Crippen molar-refractivity contribution in [1.29, 1.82) is 0 Å². The van der Waals surface area contributed by atoms with E-state index < -0.39 is 0 Å². The first-order valence-electron chi connectivity index (χ1n) is 5.14. The number of nitrogens with zero attached hydrogens (tertiary/aromatic N) is 2. The summed E-state index contributed by atoms with van der Waals surface area (Å²) in [5.41, 5.74) is 1.61. The van der Waals surface area contributed by atoms with Crippen LogP contribution < -0.4 is 5.32 Å². The third kappa shape index (κ3) is 3.51. The van der Waals surface area contributed by atoms with Crippen molar-refractivity contribution < 1.29 is 4.92 Å². The van der Waals surface area contributed by atoms with E-state index in [1.807, 2.05) is 32.0 Å². The lowest BCUT2D eigenvalue weighted by Gasteiger charge is -2.11. The van der Waals surface area contributed by atoms with Gasteiger partial charge in [0.2, 0.25) is 0 Å². The summed E-state index contributed by atoms with van der Waals surface area (Å²) in [5.74, 6) is 0. The topological polar surface area (TPSA) is 58.4 Å². The lowest BCUT2D eigenvalue weighted by molar-refractivity contribution is -0.384. The molecule has 0 saturated heterocycles. The predicted octanol–water partition coefficient (Wildman–Crippen LogP) is 1.88. The first kappa shape index (κ1) is 12.4. The van der Waals surface area contributed by atoms with Crippen molar-refractivity contribution >= 4 is 11.4 Å². The van der Waals surface area contributed by atoms with E-state index in [9.17, 15) is 10.1 Å². The number of likely N-dealkylation sites (N-methyl/N-ethyl adjacent to an activating group) is 1. The molecule has 0 fully saturated rings. The standard InChI is InChI=1S/C11H17N3O2/c1-9-4-5-10(11(8-9)14(15)16)12-6-7-13(2)3/h4-5,8,12H,6-7H2,1-3H3. The van der Waals surface area contributed by atoms with Crippen molar-refractivity contribution in [3.8, 4) is 0 Å².